The summed E-state index contributed by atoms with van der Waals surface area (Å²) in [5.74, 6) is -2.28. The van der Waals surface area contributed by atoms with Crippen LogP contribution in [0.3, 0.4) is 0 Å². The number of nitriles is 1. The normalized spacial score (nSPS) is 11.6. The third-order valence-corrected chi connectivity index (χ3v) is 3.13. The van der Waals surface area contributed by atoms with Crippen LogP contribution in [0.4, 0.5) is 26.3 Å². The Balaban J connectivity index is 2.98. The zero-order valence-electron chi connectivity index (χ0n) is 13.2. The molecule has 0 N–H and O–H groups in total. The van der Waals surface area contributed by atoms with Gasteiger partial charge in [0, 0.05) is 13.6 Å². The Bertz CT molecular complexity index is 689. The van der Waals surface area contributed by atoms with Crippen LogP contribution in [0, 0.1) is 11.3 Å². The van der Waals surface area contributed by atoms with Crippen LogP contribution >= 0.6 is 0 Å². The molecule has 0 saturated heterocycles. The Morgan fingerprint density at radius 2 is 1.58 bits per heavy atom. The highest BCUT2D eigenvalue weighted by Crippen LogP contribution is 2.36. The predicted molar refractivity (Wildman–Crippen MR) is 74.6 cm³/mol. The van der Waals surface area contributed by atoms with Gasteiger partial charge in [-0.2, -0.15) is 31.6 Å². The van der Waals surface area contributed by atoms with Crippen molar-refractivity contribution >= 4 is 11.9 Å². The Morgan fingerprint density at radius 1 is 1.08 bits per heavy atom. The first kappa shape index (κ1) is 21.3. The van der Waals surface area contributed by atoms with Crippen LogP contribution in [-0.2, 0) is 21.9 Å². The van der Waals surface area contributed by atoms with Gasteiger partial charge in [-0.15, -0.1) is 0 Å². The molecule has 1 aromatic rings. The van der Waals surface area contributed by atoms with Crippen molar-refractivity contribution in [2.75, 3.05) is 20.2 Å². The molecule has 26 heavy (non-hydrogen) atoms. The molecule has 0 aliphatic rings. The van der Waals surface area contributed by atoms with E-state index in [1.54, 1.807) is 6.07 Å². The summed E-state index contributed by atoms with van der Waals surface area (Å²) in [5.41, 5.74) is -4.33. The van der Waals surface area contributed by atoms with Crippen LogP contribution in [0.25, 0.3) is 0 Å². The van der Waals surface area contributed by atoms with Crippen molar-refractivity contribution in [1.29, 1.82) is 5.26 Å². The van der Waals surface area contributed by atoms with Crippen LogP contribution in [-0.4, -0.2) is 37.0 Å². The maximum atomic E-state index is 12.7. The first-order valence-electron chi connectivity index (χ1n) is 6.93. The van der Waals surface area contributed by atoms with Crippen LogP contribution in [0.1, 0.15) is 27.9 Å². The summed E-state index contributed by atoms with van der Waals surface area (Å²) in [5, 5.41) is 8.39. The number of alkyl halides is 6. The molecule has 11 heteroatoms. The van der Waals surface area contributed by atoms with E-state index in [4.69, 9.17) is 5.26 Å². The number of hydrogen-bond acceptors (Lipinski definition) is 4. The minimum Gasteiger partial charge on any atom is -0.452 e. The third kappa shape index (κ3) is 5.94. The quantitative estimate of drug-likeness (QED) is 0.579. The van der Waals surface area contributed by atoms with E-state index in [1.807, 2.05) is 0 Å². The topological polar surface area (TPSA) is 70.4 Å². The van der Waals surface area contributed by atoms with Crippen LogP contribution < -0.4 is 0 Å². The second-order valence-electron chi connectivity index (χ2n) is 5.09. The number of rotatable bonds is 5. The molecule has 0 bridgehead atoms. The third-order valence-electron chi connectivity index (χ3n) is 3.13. The van der Waals surface area contributed by atoms with E-state index in [2.05, 4.69) is 4.74 Å². The second kappa shape index (κ2) is 8.07. The highest BCUT2D eigenvalue weighted by atomic mass is 19.4. The Morgan fingerprint density at radius 3 is 2.00 bits per heavy atom. The molecule has 0 aliphatic carbocycles. The molecule has 1 aromatic carbocycles. The van der Waals surface area contributed by atoms with Crippen LogP contribution in [0.5, 0.6) is 0 Å². The lowest BCUT2D eigenvalue weighted by Crippen LogP contribution is -2.32. The maximum Gasteiger partial charge on any atom is 0.416 e. The van der Waals surface area contributed by atoms with Crippen molar-refractivity contribution in [2.24, 2.45) is 0 Å². The van der Waals surface area contributed by atoms with Crippen molar-refractivity contribution in [3.8, 4) is 6.07 Å². The average molecular weight is 382 g/mol. The predicted octanol–water partition coefficient (Wildman–Crippen LogP) is 3.25. The number of carbonyl (C=O) groups excluding carboxylic acids is 2. The molecule has 0 fully saturated rings. The minimum absolute atomic E-state index is 0.00123. The van der Waals surface area contributed by atoms with Gasteiger partial charge in [-0.3, -0.25) is 4.79 Å². The van der Waals surface area contributed by atoms with Gasteiger partial charge in [0.25, 0.3) is 5.91 Å². The summed E-state index contributed by atoms with van der Waals surface area (Å²) >= 11 is 0. The van der Waals surface area contributed by atoms with Crippen LogP contribution in [0.2, 0.25) is 0 Å². The van der Waals surface area contributed by atoms with Gasteiger partial charge in [-0.25, -0.2) is 4.79 Å². The number of carbonyl (C=O) groups is 2. The van der Waals surface area contributed by atoms with Crippen molar-refractivity contribution < 1.29 is 40.7 Å². The molecular weight excluding hydrogens is 370 g/mol. The molecule has 0 atom stereocenters. The summed E-state index contributed by atoms with van der Waals surface area (Å²) in [6.07, 6.45) is -10.2. The molecule has 0 heterocycles. The number of halogens is 6. The molecule has 0 unspecified atom stereocenters. The zero-order valence-corrected chi connectivity index (χ0v) is 13.2. The SMILES string of the molecule is CN(CCC#N)C(=O)COC(=O)c1cc(C(F)(F)F)cc(C(F)(F)F)c1. The number of hydrogen-bond donors (Lipinski definition) is 0. The Labute approximate surface area is 143 Å². The van der Waals surface area contributed by atoms with Gasteiger partial charge >= 0.3 is 18.3 Å². The van der Waals surface area contributed by atoms with Crippen molar-refractivity contribution in [3.05, 3.63) is 34.9 Å². The van der Waals surface area contributed by atoms with Gasteiger partial charge in [0.1, 0.15) is 0 Å². The van der Waals surface area contributed by atoms with E-state index in [-0.39, 0.29) is 31.2 Å². The zero-order chi connectivity index (χ0) is 20.1. The highest BCUT2D eigenvalue weighted by molar-refractivity contribution is 5.91. The molecule has 1 amide bonds. The van der Waals surface area contributed by atoms with E-state index < -0.39 is 47.5 Å². The minimum atomic E-state index is -5.11. The van der Waals surface area contributed by atoms with Crippen molar-refractivity contribution in [3.63, 3.8) is 0 Å². The van der Waals surface area contributed by atoms with E-state index >= 15 is 0 Å². The first-order chi connectivity index (χ1) is 11.9. The van der Waals surface area contributed by atoms with Gasteiger partial charge in [0.2, 0.25) is 0 Å². The summed E-state index contributed by atoms with van der Waals surface area (Å²) in [7, 11) is 1.29. The van der Waals surface area contributed by atoms with E-state index in [0.29, 0.717) is 0 Å². The number of nitrogens with zero attached hydrogens (tertiary/aromatic N) is 2. The molecule has 0 aliphatic heterocycles. The molecule has 0 aromatic heterocycles. The second-order valence-corrected chi connectivity index (χ2v) is 5.09. The number of ether oxygens (including phenoxy) is 1. The average Bonchev–Trinajstić information content (AvgIpc) is 2.55. The fourth-order valence-corrected chi connectivity index (χ4v) is 1.74. The van der Waals surface area contributed by atoms with Gasteiger partial charge in [0.05, 0.1) is 29.2 Å². The van der Waals surface area contributed by atoms with Crippen LogP contribution in [0.15, 0.2) is 18.2 Å². The fourth-order valence-electron chi connectivity index (χ4n) is 1.74. The highest BCUT2D eigenvalue weighted by Gasteiger charge is 2.37. The maximum absolute atomic E-state index is 12.7. The monoisotopic (exact) mass is 382 g/mol. The van der Waals surface area contributed by atoms with E-state index in [9.17, 15) is 35.9 Å². The molecule has 0 spiro atoms. The van der Waals surface area contributed by atoms with Gasteiger partial charge < -0.3 is 9.64 Å². The van der Waals surface area contributed by atoms with E-state index in [0.717, 1.165) is 4.90 Å². The molecular formula is C15H12F6N2O3. The summed E-state index contributed by atoms with van der Waals surface area (Å²) in [6, 6.07) is 2.06. The number of benzene rings is 1. The number of likely N-dealkylation sites (N-methyl/N-ethyl adjacent to an activating group) is 1. The molecule has 1 rings (SSSR count). The first-order valence-corrected chi connectivity index (χ1v) is 6.93. The van der Waals surface area contributed by atoms with Crippen molar-refractivity contribution in [2.45, 2.75) is 18.8 Å². The van der Waals surface area contributed by atoms with Gasteiger partial charge in [-0.05, 0) is 18.2 Å². The number of amides is 1. The standard InChI is InChI=1S/C15H12F6N2O3/c1-23(4-2-3-22)12(24)8-26-13(25)9-5-10(14(16,17)18)7-11(6-9)15(19,20)21/h5-7H,2,4,8H2,1H3. The Hall–Kier alpha value is -2.77. The molecule has 142 valence electrons. The lowest BCUT2D eigenvalue weighted by molar-refractivity contribution is -0.143. The van der Waals surface area contributed by atoms with Crippen molar-refractivity contribution in [1.82, 2.24) is 4.90 Å². The smallest absolute Gasteiger partial charge is 0.416 e. The lowest BCUT2D eigenvalue weighted by Gasteiger charge is -2.16. The van der Waals surface area contributed by atoms with Gasteiger partial charge in [0.15, 0.2) is 6.61 Å². The van der Waals surface area contributed by atoms with Gasteiger partial charge in [-0.1, -0.05) is 0 Å². The largest absolute Gasteiger partial charge is 0.452 e. The molecule has 0 saturated carbocycles. The van der Waals surface area contributed by atoms with E-state index in [1.165, 1.54) is 7.05 Å². The molecule has 5 nitrogen and oxygen atoms in total. The molecule has 0 radical (unpaired) electrons. The summed E-state index contributed by atoms with van der Waals surface area (Å²) in [4.78, 5) is 24.4. The number of esters is 1. The summed E-state index contributed by atoms with van der Waals surface area (Å²) < 4.78 is 80.9. The fraction of sp³-hybridized carbons (Fsp3) is 0.400. The Kier molecular flexibility index (Phi) is 6.60. The summed E-state index contributed by atoms with van der Waals surface area (Å²) in [6.45, 7) is -0.868. The lowest BCUT2D eigenvalue weighted by atomic mass is 10.0.